The zero-order valence-electron chi connectivity index (χ0n) is 12.9. The summed E-state index contributed by atoms with van der Waals surface area (Å²) < 4.78 is 0. The van der Waals surface area contributed by atoms with Gasteiger partial charge in [-0.1, -0.05) is 19.1 Å². The third kappa shape index (κ3) is 6.68. The SMILES string of the molecule is CC(CCN)CCC(=O)Nc1cccc(CN(C)C)c1. The molecule has 0 aromatic heterocycles. The number of amides is 1. The number of nitrogens with two attached hydrogens (primary N) is 1. The molecule has 0 heterocycles. The van der Waals surface area contributed by atoms with Crippen LogP contribution in [0.1, 0.15) is 31.7 Å². The summed E-state index contributed by atoms with van der Waals surface area (Å²) in [7, 11) is 4.06. The van der Waals surface area contributed by atoms with Gasteiger partial charge in [0.15, 0.2) is 0 Å². The van der Waals surface area contributed by atoms with Gasteiger partial charge in [0, 0.05) is 18.7 Å². The van der Waals surface area contributed by atoms with Crippen LogP contribution in [0.15, 0.2) is 24.3 Å². The molecule has 0 bridgehead atoms. The number of anilines is 1. The first-order chi connectivity index (χ1) is 9.51. The maximum Gasteiger partial charge on any atom is 0.224 e. The largest absolute Gasteiger partial charge is 0.330 e. The van der Waals surface area contributed by atoms with Gasteiger partial charge in [-0.05, 0) is 57.1 Å². The summed E-state index contributed by atoms with van der Waals surface area (Å²) in [6.07, 6.45) is 2.42. The predicted octanol–water partition coefficient (Wildman–Crippen LogP) is 2.45. The summed E-state index contributed by atoms with van der Waals surface area (Å²) in [5.41, 5.74) is 7.59. The number of hydrogen-bond acceptors (Lipinski definition) is 3. The molecular weight excluding hydrogens is 250 g/mol. The molecule has 1 rings (SSSR count). The van der Waals surface area contributed by atoms with E-state index in [1.165, 1.54) is 5.56 Å². The molecule has 0 aliphatic rings. The molecule has 0 aliphatic heterocycles. The summed E-state index contributed by atoms with van der Waals surface area (Å²) in [5, 5.41) is 2.96. The summed E-state index contributed by atoms with van der Waals surface area (Å²) in [6.45, 7) is 3.70. The van der Waals surface area contributed by atoms with Crippen molar-refractivity contribution in [2.24, 2.45) is 11.7 Å². The van der Waals surface area contributed by atoms with Gasteiger partial charge in [0.2, 0.25) is 5.91 Å². The second-order valence-electron chi connectivity index (χ2n) is 5.71. The van der Waals surface area contributed by atoms with Crippen molar-refractivity contribution >= 4 is 11.6 Å². The number of nitrogens with one attached hydrogen (secondary N) is 1. The fraction of sp³-hybridized carbons (Fsp3) is 0.562. The van der Waals surface area contributed by atoms with E-state index in [2.05, 4.69) is 23.2 Å². The summed E-state index contributed by atoms with van der Waals surface area (Å²) in [5.74, 6) is 0.585. The standard InChI is InChI=1S/C16H27N3O/c1-13(9-10-17)7-8-16(20)18-15-6-4-5-14(11-15)12-19(2)3/h4-6,11,13H,7-10,12,17H2,1-3H3,(H,18,20). The fourth-order valence-corrected chi connectivity index (χ4v) is 2.14. The third-order valence-corrected chi connectivity index (χ3v) is 3.23. The molecule has 112 valence electrons. The van der Waals surface area contributed by atoms with Crippen molar-refractivity contribution in [3.05, 3.63) is 29.8 Å². The fourth-order valence-electron chi connectivity index (χ4n) is 2.14. The smallest absolute Gasteiger partial charge is 0.224 e. The first-order valence-electron chi connectivity index (χ1n) is 7.25. The van der Waals surface area contributed by atoms with Gasteiger partial charge in [0.1, 0.15) is 0 Å². The molecule has 1 aromatic rings. The Kier molecular flexibility index (Phi) is 7.26. The van der Waals surface area contributed by atoms with Crippen LogP contribution in [-0.4, -0.2) is 31.4 Å². The zero-order chi connectivity index (χ0) is 15.0. The van der Waals surface area contributed by atoms with Crippen molar-refractivity contribution in [1.82, 2.24) is 4.90 Å². The Morgan fingerprint density at radius 1 is 1.35 bits per heavy atom. The molecule has 4 nitrogen and oxygen atoms in total. The van der Waals surface area contributed by atoms with Crippen LogP contribution >= 0.6 is 0 Å². The lowest BCUT2D eigenvalue weighted by atomic mass is 10.0. The van der Waals surface area contributed by atoms with Gasteiger partial charge in [-0.3, -0.25) is 4.79 Å². The van der Waals surface area contributed by atoms with E-state index in [9.17, 15) is 4.79 Å². The number of benzene rings is 1. The van der Waals surface area contributed by atoms with Crippen LogP contribution in [0.3, 0.4) is 0 Å². The minimum absolute atomic E-state index is 0.0795. The van der Waals surface area contributed by atoms with E-state index in [0.717, 1.165) is 25.1 Å². The molecule has 4 heteroatoms. The number of hydrogen-bond donors (Lipinski definition) is 2. The topological polar surface area (TPSA) is 58.4 Å². The van der Waals surface area contributed by atoms with Crippen LogP contribution in [0.25, 0.3) is 0 Å². The molecule has 0 saturated heterocycles. The summed E-state index contributed by atoms with van der Waals surface area (Å²) in [6, 6.07) is 8.01. The Balaban J connectivity index is 2.45. The second kappa shape index (κ2) is 8.72. The summed E-state index contributed by atoms with van der Waals surface area (Å²) >= 11 is 0. The van der Waals surface area contributed by atoms with E-state index in [1.807, 2.05) is 32.3 Å². The van der Waals surface area contributed by atoms with Crippen molar-refractivity contribution < 1.29 is 4.79 Å². The molecule has 0 spiro atoms. The molecule has 1 aromatic carbocycles. The van der Waals surface area contributed by atoms with Gasteiger partial charge in [-0.15, -0.1) is 0 Å². The minimum Gasteiger partial charge on any atom is -0.330 e. The van der Waals surface area contributed by atoms with Gasteiger partial charge in [0.25, 0.3) is 0 Å². The summed E-state index contributed by atoms with van der Waals surface area (Å²) in [4.78, 5) is 14.0. The lowest BCUT2D eigenvalue weighted by Gasteiger charge is -2.12. The maximum atomic E-state index is 11.9. The van der Waals surface area contributed by atoms with Crippen LogP contribution in [0.4, 0.5) is 5.69 Å². The Bertz CT molecular complexity index is 418. The maximum absolute atomic E-state index is 11.9. The van der Waals surface area contributed by atoms with E-state index >= 15 is 0 Å². The van der Waals surface area contributed by atoms with E-state index < -0.39 is 0 Å². The van der Waals surface area contributed by atoms with Crippen LogP contribution in [0, 0.1) is 5.92 Å². The first-order valence-corrected chi connectivity index (χ1v) is 7.25. The van der Waals surface area contributed by atoms with Crippen LogP contribution in [0.2, 0.25) is 0 Å². The highest BCUT2D eigenvalue weighted by molar-refractivity contribution is 5.90. The van der Waals surface area contributed by atoms with E-state index in [1.54, 1.807) is 0 Å². The van der Waals surface area contributed by atoms with Gasteiger partial charge in [-0.25, -0.2) is 0 Å². The highest BCUT2D eigenvalue weighted by atomic mass is 16.1. The molecular formula is C16H27N3O. The van der Waals surface area contributed by atoms with Gasteiger partial charge in [-0.2, -0.15) is 0 Å². The Hall–Kier alpha value is -1.39. The first kappa shape index (κ1) is 16.7. The molecule has 1 atom stereocenters. The monoisotopic (exact) mass is 277 g/mol. The zero-order valence-corrected chi connectivity index (χ0v) is 12.9. The molecule has 3 N–H and O–H groups in total. The van der Waals surface area contributed by atoms with Crippen molar-refractivity contribution in [1.29, 1.82) is 0 Å². The molecule has 1 amide bonds. The number of rotatable bonds is 8. The normalized spacial score (nSPS) is 12.4. The van der Waals surface area contributed by atoms with Crippen molar-refractivity contribution in [3.8, 4) is 0 Å². The number of nitrogens with zero attached hydrogens (tertiary/aromatic N) is 1. The van der Waals surface area contributed by atoms with Gasteiger partial charge in [0.05, 0.1) is 0 Å². The quantitative estimate of drug-likeness (QED) is 0.767. The van der Waals surface area contributed by atoms with Crippen molar-refractivity contribution in [3.63, 3.8) is 0 Å². The lowest BCUT2D eigenvalue weighted by Crippen LogP contribution is -2.15. The second-order valence-corrected chi connectivity index (χ2v) is 5.71. The molecule has 0 fully saturated rings. The highest BCUT2D eigenvalue weighted by Crippen LogP contribution is 2.14. The minimum atomic E-state index is 0.0795. The highest BCUT2D eigenvalue weighted by Gasteiger charge is 2.07. The van der Waals surface area contributed by atoms with Gasteiger partial charge < -0.3 is 16.0 Å². The van der Waals surface area contributed by atoms with Crippen molar-refractivity contribution in [2.45, 2.75) is 32.7 Å². The van der Waals surface area contributed by atoms with Crippen LogP contribution in [0.5, 0.6) is 0 Å². The molecule has 20 heavy (non-hydrogen) atoms. The molecule has 0 aliphatic carbocycles. The van der Waals surface area contributed by atoms with Crippen LogP contribution in [-0.2, 0) is 11.3 Å². The lowest BCUT2D eigenvalue weighted by molar-refractivity contribution is -0.116. The Morgan fingerprint density at radius 2 is 2.10 bits per heavy atom. The van der Waals surface area contributed by atoms with Crippen molar-refractivity contribution in [2.75, 3.05) is 26.0 Å². The number of carbonyl (C=O) groups is 1. The van der Waals surface area contributed by atoms with E-state index in [-0.39, 0.29) is 5.91 Å². The molecule has 0 saturated carbocycles. The average molecular weight is 277 g/mol. The van der Waals surface area contributed by atoms with Crippen LogP contribution < -0.4 is 11.1 Å². The third-order valence-electron chi connectivity index (χ3n) is 3.23. The number of carbonyl (C=O) groups excluding carboxylic acids is 1. The Morgan fingerprint density at radius 3 is 2.75 bits per heavy atom. The average Bonchev–Trinajstić information content (AvgIpc) is 2.36. The molecule has 0 radical (unpaired) electrons. The van der Waals surface area contributed by atoms with E-state index in [4.69, 9.17) is 5.73 Å². The van der Waals surface area contributed by atoms with Gasteiger partial charge >= 0.3 is 0 Å². The Labute approximate surface area is 122 Å². The van der Waals surface area contributed by atoms with E-state index in [0.29, 0.717) is 18.9 Å². The molecule has 1 unspecified atom stereocenters. The predicted molar refractivity (Wildman–Crippen MR) is 84.5 cm³/mol.